The number of allylic oxidation sites excluding steroid dienone is 1. The van der Waals surface area contributed by atoms with Gasteiger partial charge in [0, 0.05) is 6.04 Å². The first-order chi connectivity index (χ1) is 12.7. The lowest BCUT2D eigenvalue weighted by atomic mass is 9.94. The van der Waals surface area contributed by atoms with Crippen LogP contribution >= 0.6 is 0 Å². The molecule has 0 aliphatic heterocycles. The van der Waals surface area contributed by atoms with E-state index in [2.05, 4.69) is 29.3 Å². The van der Waals surface area contributed by atoms with Crippen LogP contribution in [0.15, 0.2) is 36.5 Å². The fourth-order valence-corrected chi connectivity index (χ4v) is 3.65. The molecule has 1 amide bonds. The maximum atomic E-state index is 11.5. The Balaban J connectivity index is 1.70. The molecular weight excluding hydrogens is 324 g/mol. The van der Waals surface area contributed by atoms with Gasteiger partial charge in [-0.3, -0.25) is 4.79 Å². The molecule has 2 rings (SSSR count). The summed E-state index contributed by atoms with van der Waals surface area (Å²) in [5.41, 5.74) is 1.33. The number of hydrogen-bond acceptors (Lipinski definition) is 3. The largest absolute Gasteiger partial charge is 0.484 e. The first-order valence-electron chi connectivity index (χ1n) is 10.1. The van der Waals surface area contributed by atoms with Crippen LogP contribution in [-0.4, -0.2) is 36.5 Å². The fraction of sp³-hybridized carbons (Fsp3) is 0.591. The Hall–Kier alpha value is -1.81. The van der Waals surface area contributed by atoms with Crippen molar-refractivity contribution in [2.24, 2.45) is 0 Å². The molecular formula is C22H34N2O2. The second-order valence-corrected chi connectivity index (χ2v) is 7.02. The maximum Gasteiger partial charge on any atom is 0.261 e. The van der Waals surface area contributed by atoms with Crippen molar-refractivity contribution in [3.05, 3.63) is 42.1 Å². The fourth-order valence-electron chi connectivity index (χ4n) is 3.65. The number of aryl methyl sites for hydroxylation is 1. The Morgan fingerprint density at radius 2 is 1.96 bits per heavy atom. The number of carbonyl (C=O) groups is 1. The molecule has 1 saturated carbocycles. The molecule has 0 atom stereocenters. The molecule has 0 heterocycles. The highest BCUT2D eigenvalue weighted by Gasteiger charge is 2.19. The van der Waals surface area contributed by atoms with Crippen molar-refractivity contribution in [3.63, 3.8) is 0 Å². The highest BCUT2D eigenvalue weighted by Crippen LogP contribution is 2.23. The summed E-state index contributed by atoms with van der Waals surface area (Å²) in [5, 5.41) is 2.64. The number of rotatable bonds is 10. The molecule has 1 aromatic rings. The molecule has 4 nitrogen and oxygen atoms in total. The predicted octanol–water partition coefficient (Wildman–Crippen LogP) is 4.30. The SMILES string of the molecule is C/C=C/NC(=O)COc1ccc(CCCN(CC)C2CCCCC2)cc1. The predicted molar refractivity (Wildman–Crippen MR) is 107 cm³/mol. The van der Waals surface area contributed by atoms with Gasteiger partial charge in [0.05, 0.1) is 0 Å². The number of hydrogen-bond donors (Lipinski definition) is 1. The third-order valence-electron chi connectivity index (χ3n) is 5.11. The molecule has 0 radical (unpaired) electrons. The summed E-state index contributed by atoms with van der Waals surface area (Å²) >= 11 is 0. The third kappa shape index (κ3) is 7.20. The van der Waals surface area contributed by atoms with Crippen LogP contribution in [0.5, 0.6) is 5.75 Å². The van der Waals surface area contributed by atoms with Crippen LogP contribution in [0, 0.1) is 0 Å². The van der Waals surface area contributed by atoms with Crippen LogP contribution in [-0.2, 0) is 11.2 Å². The molecule has 0 saturated heterocycles. The summed E-state index contributed by atoms with van der Waals surface area (Å²) in [6.45, 7) is 6.52. The second kappa shape index (κ2) is 11.7. The van der Waals surface area contributed by atoms with Gasteiger partial charge in [-0.15, -0.1) is 0 Å². The normalized spacial score (nSPS) is 15.5. The summed E-state index contributed by atoms with van der Waals surface area (Å²) in [4.78, 5) is 14.2. The van der Waals surface area contributed by atoms with Gasteiger partial charge in [0.2, 0.25) is 0 Å². The van der Waals surface area contributed by atoms with E-state index in [-0.39, 0.29) is 12.5 Å². The molecule has 4 heteroatoms. The maximum absolute atomic E-state index is 11.5. The second-order valence-electron chi connectivity index (χ2n) is 7.02. The molecule has 1 fully saturated rings. The highest BCUT2D eigenvalue weighted by atomic mass is 16.5. The highest BCUT2D eigenvalue weighted by molar-refractivity contribution is 5.78. The number of amides is 1. The first-order valence-corrected chi connectivity index (χ1v) is 10.1. The number of nitrogens with one attached hydrogen (secondary N) is 1. The van der Waals surface area contributed by atoms with Crippen LogP contribution in [0.1, 0.15) is 57.9 Å². The van der Waals surface area contributed by atoms with E-state index in [9.17, 15) is 4.79 Å². The Bertz CT molecular complexity index is 548. The average Bonchev–Trinajstić information content (AvgIpc) is 2.69. The standard InChI is InChI=1S/C22H34N2O2/c1-3-16-23-22(25)18-26-21-14-12-19(13-15-21)9-8-17-24(4-2)20-10-6-5-7-11-20/h3,12-16,20H,4-11,17-18H2,1-2H3,(H,23,25)/b16-3+. The Kier molecular flexibility index (Phi) is 9.26. The minimum atomic E-state index is -0.144. The van der Waals surface area contributed by atoms with Gasteiger partial charge in [0.15, 0.2) is 6.61 Å². The smallest absolute Gasteiger partial charge is 0.261 e. The first kappa shape index (κ1) is 20.5. The van der Waals surface area contributed by atoms with Crippen LogP contribution in [0.25, 0.3) is 0 Å². The molecule has 26 heavy (non-hydrogen) atoms. The van der Waals surface area contributed by atoms with E-state index in [0.29, 0.717) is 0 Å². The topological polar surface area (TPSA) is 41.6 Å². The van der Waals surface area contributed by atoms with Gasteiger partial charge in [0.1, 0.15) is 5.75 Å². The van der Waals surface area contributed by atoms with E-state index in [4.69, 9.17) is 4.74 Å². The van der Waals surface area contributed by atoms with Crippen molar-refractivity contribution in [2.45, 2.75) is 64.8 Å². The molecule has 0 bridgehead atoms. The zero-order valence-electron chi connectivity index (χ0n) is 16.4. The van der Waals surface area contributed by atoms with E-state index >= 15 is 0 Å². The van der Waals surface area contributed by atoms with Crippen LogP contribution < -0.4 is 10.1 Å². The summed E-state index contributed by atoms with van der Waals surface area (Å²) in [6.07, 6.45) is 12.6. The minimum absolute atomic E-state index is 0.0382. The van der Waals surface area contributed by atoms with E-state index in [1.54, 1.807) is 12.3 Å². The molecule has 1 aromatic carbocycles. The zero-order chi connectivity index (χ0) is 18.6. The lowest BCUT2D eigenvalue weighted by molar-refractivity contribution is -0.122. The molecule has 1 N–H and O–H groups in total. The summed E-state index contributed by atoms with van der Waals surface area (Å²) < 4.78 is 5.51. The lowest BCUT2D eigenvalue weighted by Gasteiger charge is -2.33. The van der Waals surface area contributed by atoms with Gasteiger partial charge in [0.25, 0.3) is 5.91 Å². The minimum Gasteiger partial charge on any atom is -0.484 e. The van der Waals surface area contributed by atoms with Gasteiger partial charge >= 0.3 is 0 Å². The van der Waals surface area contributed by atoms with E-state index in [1.165, 1.54) is 50.6 Å². The average molecular weight is 359 g/mol. The van der Waals surface area contributed by atoms with Crippen molar-refractivity contribution in [1.29, 1.82) is 0 Å². The summed E-state index contributed by atoms with van der Waals surface area (Å²) in [5.74, 6) is 0.594. The van der Waals surface area contributed by atoms with E-state index in [1.807, 2.05) is 19.1 Å². The Labute approximate surface area is 158 Å². The van der Waals surface area contributed by atoms with Crippen molar-refractivity contribution < 1.29 is 9.53 Å². The van der Waals surface area contributed by atoms with Gasteiger partial charge in [-0.05, 0) is 69.6 Å². The number of ether oxygens (including phenoxy) is 1. The summed E-state index contributed by atoms with van der Waals surface area (Å²) in [6, 6.07) is 8.93. The van der Waals surface area contributed by atoms with Crippen LogP contribution in [0.3, 0.4) is 0 Å². The van der Waals surface area contributed by atoms with Gasteiger partial charge in [-0.2, -0.15) is 0 Å². The van der Waals surface area contributed by atoms with Crippen molar-refractivity contribution in [1.82, 2.24) is 10.2 Å². The number of carbonyl (C=O) groups excluding carboxylic acids is 1. The summed E-state index contributed by atoms with van der Waals surface area (Å²) in [7, 11) is 0. The van der Waals surface area contributed by atoms with Crippen molar-refractivity contribution in [2.75, 3.05) is 19.7 Å². The third-order valence-corrected chi connectivity index (χ3v) is 5.11. The Morgan fingerprint density at radius 1 is 1.23 bits per heavy atom. The van der Waals surface area contributed by atoms with Gasteiger partial charge in [-0.1, -0.05) is 44.4 Å². The monoisotopic (exact) mass is 358 g/mol. The van der Waals surface area contributed by atoms with Crippen molar-refractivity contribution >= 4 is 5.91 Å². The van der Waals surface area contributed by atoms with E-state index < -0.39 is 0 Å². The molecule has 0 spiro atoms. The zero-order valence-corrected chi connectivity index (χ0v) is 16.4. The molecule has 1 aliphatic rings. The molecule has 0 unspecified atom stereocenters. The van der Waals surface area contributed by atoms with Crippen LogP contribution in [0.2, 0.25) is 0 Å². The quantitative estimate of drug-likeness (QED) is 0.678. The molecule has 0 aromatic heterocycles. The molecule has 1 aliphatic carbocycles. The molecule has 144 valence electrons. The van der Waals surface area contributed by atoms with E-state index in [0.717, 1.165) is 24.8 Å². The number of benzene rings is 1. The lowest BCUT2D eigenvalue weighted by Crippen LogP contribution is -2.37. The van der Waals surface area contributed by atoms with Gasteiger partial charge < -0.3 is 15.0 Å². The van der Waals surface area contributed by atoms with Crippen molar-refractivity contribution in [3.8, 4) is 5.75 Å². The Morgan fingerprint density at radius 3 is 2.62 bits per heavy atom. The van der Waals surface area contributed by atoms with Gasteiger partial charge in [-0.25, -0.2) is 0 Å². The number of nitrogens with zero attached hydrogens (tertiary/aromatic N) is 1. The van der Waals surface area contributed by atoms with Crippen LogP contribution in [0.4, 0.5) is 0 Å².